The van der Waals surface area contributed by atoms with Gasteiger partial charge >= 0.3 is 5.97 Å². The number of likely N-dealkylation sites (tertiary alicyclic amines) is 1. The second kappa shape index (κ2) is 5.57. The molecule has 1 aliphatic heterocycles. The molecule has 3 N–H and O–H groups in total. The third kappa shape index (κ3) is 2.55. The Kier molecular flexibility index (Phi) is 4.31. The van der Waals surface area contributed by atoms with Crippen LogP contribution in [0.5, 0.6) is 0 Å². The van der Waals surface area contributed by atoms with Gasteiger partial charge in [-0.15, -0.1) is 0 Å². The number of ether oxygens (including phenoxy) is 1. The van der Waals surface area contributed by atoms with E-state index in [1.807, 2.05) is 20.8 Å². The molecule has 1 heterocycles. The molecule has 21 heavy (non-hydrogen) atoms. The van der Waals surface area contributed by atoms with E-state index in [1.165, 1.54) is 0 Å². The number of nitrogens with zero attached hydrogens (tertiary/aromatic N) is 1. The summed E-state index contributed by atoms with van der Waals surface area (Å²) in [5.74, 6) is -1.44. The highest BCUT2D eigenvalue weighted by Gasteiger charge is 2.63. The zero-order valence-corrected chi connectivity index (χ0v) is 13.1. The molecule has 6 nitrogen and oxygen atoms in total. The standard InChI is InChI=1S/C15H26N2O4/c1-4-21-11-8-15(16,14(11,2)3)13(20)17-7-5-6-10(9-17)12(18)19/h10-11H,4-9,16H2,1-3H3,(H,18,19)/t10-,11?,15?/m1/s1. The number of carboxylic acid groups (broad SMARTS) is 1. The molecule has 2 aliphatic rings. The number of rotatable bonds is 4. The molecule has 0 radical (unpaired) electrons. The van der Waals surface area contributed by atoms with Crippen molar-refractivity contribution in [1.82, 2.24) is 4.90 Å². The summed E-state index contributed by atoms with van der Waals surface area (Å²) in [7, 11) is 0. The van der Waals surface area contributed by atoms with Gasteiger partial charge in [-0.3, -0.25) is 9.59 Å². The van der Waals surface area contributed by atoms with Crippen molar-refractivity contribution in [3.05, 3.63) is 0 Å². The first-order valence-electron chi connectivity index (χ1n) is 7.66. The molecule has 0 aromatic carbocycles. The highest BCUT2D eigenvalue weighted by molar-refractivity contribution is 5.89. The average Bonchev–Trinajstić information content (AvgIpc) is 2.46. The molecular formula is C15H26N2O4. The summed E-state index contributed by atoms with van der Waals surface area (Å²) >= 11 is 0. The lowest BCUT2D eigenvalue weighted by molar-refractivity contribution is -0.181. The molecule has 0 aromatic heterocycles. The van der Waals surface area contributed by atoms with E-state index in [-0.39, 0.29) is 18.6 Å². The largest absolute Gasteiger partial charge is 0.481 e. The van der Waals surface area contributed by atoms with E-state index in [9.17, 15) is 9.59 Å². The zero-order valence-electron chi connectivity index (χ0n) is 13.1. The number of amides is 1. The monoisotopic (exact) mass is 298 g/mol. The normalized spacial score (nSPS) is 35.1. The Hall–Kier alpha value is -1.14. The maximum atomic E-state index is 12.8. The van der Waals surface area contributed by atoms with Crippen LogP contribution in [0.2, 0.25) is 0 Å². The number of nitrogens with two attached hydrogens (primary N) is 1. The molecule has 2 fully saturated rings. The van der Waals surface area contributed by atoms with Crippen LogP contribution in [0.3, 0.4) is 0 Å². The first-order chi connectivity index (χ1) is 9.74. The number of carboxylic acids is 1. The van der Waals surface area contributed by atoms with Crippen molar-refractivity contribution >= 4 is 11.9 Å². The van der Waals surface area contributed by atoms with Crippen molar-refractivity contribution in [2.45, 2.75) is 51.7 Å². The van der Waals surface area contributed by atoms with Crippen LogP contribution in [-0.2, 0) is 14.3 Å². The van der Waals surface area contributed by atoms with Crippen molar-refractivity contribution in [3.63, 3.8) is 0 Å². The molecular weight excluding hydrogens is 272 g/mol. The minimum absolute atomic E-state index is 0.0171. The van der Waals surface area contributed by atoms with Gasteiger partial charge in [0.2, 0.25) is 5.91 Å². The quantitative estimate of drug-likeness (QED) is 0.802. The molecule has 0 aromatic rings. The smallest absolute Gasteiger partial charge is 0.308 e. The van der Waals surface area contributed by atoms with Crippen LogP contribution in [0.4, 0.5) is 0 Å². The highest BCUT2D eigenvalue weighted by Crippen LogP contribution is 2.50. The van der Waals surface area contributed by atoms with Gasteiger partial charge in [0, 0.05) is 31.5 Å². The van der Waals surface area contributed by atoms with Gasteiger partial charge in [0.05, 0.1) is 12.0 Å². The molecule has 3 atom stereocenters. The van der Waals surface area contributed by atoms with E-state index < -0.39 is 22.8 Å². The topological polar surface area (TPSA) is 92.9 Å². The van der Waals surface area contributed by atoms with Gasteiger partial charge < -0.3 is 20.5 Å². The van der Waals surface area contributed by atoms with E-state index in [0.29, 0.717) is 32.4 Å². The summed E-state index contributed by atoms with van der Waals surface area (Å²) in [6, 6.07) is 0. The van der Waals surface area contributed by atoms with Crippen LogP contribution in [0.1, 0.15) is 40.0 Å². The predicted octanol–water partition coefficient (Wildman–Crippen LogP) is 0.842. The van der Waals surface area contributed by atoms with E-state index >= 15 is 0 Å². The minimum Gasteiger partial charge on any atom is -0.481 e. The summed E-state index contributed by atoms with van der Waals surface area (Å²) in [5.41, 5.74) is 4.99. The van der Waals surface area contributed by atoms with Crippen molar-refractivity contribution in [2.24, 2.45) is 17.1 Å². The highest BCUT2D eigenvalue weighted by atomic mass is 16.5. The summed E-state index contributed by atoms with van der Waals surface area (Å²) in [4.78, 5) is 25.6. The van der Waals surface area contributed by atoms with Gasteiger partial charge in [-0.1, -0.05) is 13.8 Å². The second-order valence-corrected chi connectivity index (χ2v) is 6.77. The predicted molar refractivity (Wildman–Crippen MR) is 77.7 cm³/mol. The van der Waals surface area contributed by atoms with Gasteiger partial charge in [0.15, 0.2) is 0 Å². The number of aliphatic carboxylic acids is 1. The summed E-state index contributed by atoms with van der Waals surface area (Å²) in [5, 5.41) is 9.14. The molecule has 0 bridgehead atoms. The molecule has 1 aliphatic carbocycles. The summed E-state index contributed by atoms with van der Waals surface area (Å²) in [6.45, 7) is 7.29. The van der Waals surface area contributed by atoms with Crippen molar-refractivity contribution in [1.29, 1.82) is 0 Å². The van der Waals surface area contributed by atoms with E-state index in [2.05, 4.69) is 0 Å². The van der Waals surface area contributed by atoms with E-state index in [0.717, 1.165) is 0 Å². The Bertz CT molecular complexity index is 437. The Morgan fingerprint density at radius 2 is 2.10 bits per heavy atom. The Morgan fingerprint density at radius 3 is 2.62 bits per heavy atom. The molecule has 120 valence electrons. The van der Waals surface area contributed by atoms with Gasteiger partial charge in [-0.25, -0.2) is 0 Å². The lowest BCUT2D eigenvalue weighted by Gasteiger charge is -2.59. The van der Waals surface area contributed by atoms with Crippen LogP contribution in [0.25, 0.3) is 0 Å². The third-order valence-corrected chi connectivity index (χ3v) is 5.27. The summed E-state index contributed by atoms with van der Waals surface area (Å²) < 4.78 is 5.64. The fourth-order valence-corrected chi connectivity index (χ4v) is 3.44. The molecule has 1 saturated carbocycles. The van der Waals surface area contributed by atoms with Gasteiger partial charge in [-0.05, 0) is 19.8 Å². The number of hydrogen-bond acceptors (Lipinski definition) is 4. The number of hydrogen-bond donors (Lipinski definition) is 2. The van der Waals surface area contributed by atoms with Crippen LogP contribution in [0.15, 0.2) is 0 Å². The molecule has 6 heteroatoms. The second-order valence-electron chi connectivity index (χ2n) is 6.77. The van der Waals surface area contributed by atoms with Crippen molar-refractivity contribution in [3.8, 4) is 0 Å². The Morgan fingerprint density at radius 1 is 1.43 bits per heavy atom. The maximum Gasteiger partial charge on any atom is 0.308 e. The number of piperidine rings is 1. The zero-order chi connectivity index (χ0) is 15.8. The molecule has 1 amide bonds. The maximum absolute atomic E-state index is 12.8. The first kappa shape index (κ1) is 16.2. The van der Waals surface area contributed by atoms with Crippen LogP contribution in [-0.4, -0.2) is 53.2 Å². The fourth-order valence-electron chi connectivity index (χ4n) is 3.44. The van der Waals surface area contributed by atoms with E-state index in [4.69, 9.17) is 15.6 Å². The average molecular weight is 298 g/mol. The SMILES string of the molecule is CCOC1CC(N)(C(=O)N2CCC[C@@H](C(=O)O)C2)C1(C)C. The van der Waals surface area contributed by atoms with Gasteiger partial charge in [0.25, 0.3) is 0 Å². The molecule has 0 spiro atoms. The first-order valence-corrected chi connectivity index (χ1v) is 7.66. The van der Waals surface area contributed by atoms with Crippen molar-refractivity contribution < 1.29 is 19.4 Å². The van der Waals surface area contributed by atoms with Crippen LogP contribution >= 0.6 is 0 Å². The van der Waals surface area contributed by atoms with Crippen LogP contribution in [0, 0.1) is 11.3 Å². The lowest BCUT2D eigenvalue weighted by atomic mass is 9.54. The molecule has 2 rings (SSSR count). The minimum atomic E-state index is -0.951. The Balaban J connectivity index is 2.08. The number of carbonyl (C=O) groups excluding carboxylic acids is 1. The molecule has 1 saturated heterocycles. The fraction of sp³-hybridized carbons (Fsp3) is 0.867. The van der Waals surface area contributed by atoms with Gasteiger partial charge in [-0.2, -0.15) is 0 Å². The lowest BCUT2D eigenvalue weighted by Crippen LogP contribution is -2.76. The third-order valence-electron chi connectivity index (χ3n) is 5.27. The Labute approximate surface area is 125 Å². The van der Waals surface area contributed by atoms with E-state index in [1.54, 1.807) is 4.90 Å². The number of carbonyl (C=O) groups is 2. The van der Waals surface area contributed by atoms with Crippen LogP contribution < -0.4 is 5.73 Å². The summed E-state index contributed by atoms with van der Waals surface area (Å²) in [6.07, 6.45) is 1.83. The molecule has 2 unspecified atom stereocenters. The van der Waals surface area contributed by atoms with Gasteiger partial charge in [0.1, 0.15) is 5.54 Å². The van der Waals surface area contributed by atoms with Crippen molar-refractivity contribution in [2.75, 3.05) is 19.7 Å².